The first kappa shape index (κ1) is 19.0. The van der Waals surface area contributed by atoms with Crippen LogP contribution in [0.3, 0.4) is 0 Å². The fourth-order valence-corrected chi connectivity index (χ4v) is 3.49. The summed E-state index contributed by atoms with van der Waals surface area (Å²) < 4.78 is 21.3. The second kappa shape index (κ2) is 7.88. The van der Waals surface area contributed by atoms with E-state index in [-0.39, 0.29) is 18.9 Å². The van der Waals surface area contributed by atoms with E-state index in [9.17, 15) is 9.90 Å². The zero-order valence-corrected chi connectivity index (χ0v) is 15.7. The van der Waals surface area contributed by atoms with E-state index in [1.165, 1.54) is 0 Å². The average molecular weight is 372 g/mol. The normalized spacial score (nSPS) is 21.6. The first-order valence-electron chi connectivity index (χ1n) is 8.74. The van der Waals surface area contributed by atoms with Crippen LogP contribution in [-0.2, 0) is 22.4 Å². The number of carbonyl (C=O) groups is 1. The molecule has 0 radical (unpaired) electrons. The maximum absolute atomic E-state index is 12.3. The van der Waals surface area contributed by atoms with Crippen molar-refractivity contribution in [2.24, 2.45) is 5.92 Å². The van der Waals surface area contributed by atoms with Crippen molar-refractivity contribution in [2.75, 3.05) is 27.9 Å². The first-order valence-corrected chi connectivity index (χ1v) is 8.74. The zero-order valence-electron chi connectivity index (χ0n) is 15.7. The third-order valence-corrected chi connectivity index (χ3v) is 4.97. The topological polar surface area (TPSA) is 74.2 Å². The number of ether oxygens (including phenoxy) is 4. The molecular weight excluding hydrogens is 348 g/mol. The van der Waals surface area contributed by atoms with E-state index in [1.807, 2.05) is 42.5 Å². The SMILES string of the molecule is COc1cc(C[C@@H]2COC(=O)[C@]2(O)Cc2ccccc2)cc(OC)c1OC. The largest absolute Gasteiger partial charge is 0.493 e. The van der Waals surface area contributed by atoms with Crippen molar-refractivity contribution in [3.8, 4) is 17.2 Å². The van der Waals surface area contributed by atoms with E-state index in [0.29, 0.717) is 23.7 Å². The second-order valence-corrected chi connectivity index (χ2v) is 6.62. The van der Waals surface area contributed by atoms with Gasteiger partial charge in [0, 0.05) is 12.3 Å². The third-order valence-electron chi connectivity index (χ3n) is 4.97. The van der Waals surface area contributed by atoms with Gasteiger partial charge >= 0.3 is 5.97 Å². The Hall–Kier alpha value is -2.73. The van der Waals surface area contributed by atoms with E-state index in [1.54, 1.807) is 21.3 Å². The Bertz CT molecular complexity index is 779. The van der Waals surface area contributed by atoms with E-state index in [4.69, 9.17) is 18.9 Å². The van der Waals surface area contributed by atoms with Gasteiger partial charge in [-0.1, -0.05) is 30.3 Å². The molecule has 1 aliphatic rings. The molecule has 1 aliphatic heterocycles. The monoisotopic (exact) mass is 372 g/mol. The molecule has 0 saturated carbocycles. The summed E-state index contributed by atoms with van der Waals surface area (Å²) in [6.45, 7) is 0.166. The lowest BCUT2D eigenvalue weighted by atomic mass is 9.81. The summed E-state index contributed by atoms with van der Waals surface area (Å²) in [6.07, 6.45) is 0.646. The molecule has 0 unspecified atom stereocenters. The van der Waals surface area contributed by atoms with Crippen LogP contribution in [-0.4, -0.2) is 44.6 Å². The molecule has 1 saturated heterocycles. The summed E-state index contributed by atoms with van der Waals surface area (Å²) in [5.74, 6) is 0.603. The second-order valence-electron chi connectivity index (χ2n) is 6.62. The molecular formula is C21H24O6. The number of hydrogen-bond acceptors (Lipinski definition) is 6. The molecule has 0 aromatic heterocycles. The van der Waals surface area contributed by atoms with Crippen LogP contribution < -0.4 is 14.2 Å². The van der Waals surface area contributed by atoms with Crippen molar-refractivity contribution < 1.29 is 28.8 Å². The molecule has 3 rings (SSSR count). The minimum atomic E-state index is -1.57. The number of methoxy groups -OCH3 is 3. The van der Waals surface area contributed by atoms with E-state index < -0.39 is 11.6 Å². The van der Waals surface area contributed by atoms with Gasteiger partial charge in [-0.3, -0.25) is 0 Å². The van der Waals surface area contributed by atoms with Crippen LogP contribution in [0.25, 0.3) is 0 Å². The molecule has 27 heavy (non-hydrogen) atoms. The van der Waals surface area contributed by atoms with Gasteiger partial charge in [0.2, 0.25) is 5.75 Å². The molecule has 1 heterocycles. The van der Waals surface area contributed by atoms with E-state index in [0.717, 1.165) is 11.1 Å². The summed E-state index contributed by atoms with van der Waals surface area (Å²) in [7, 11) is 4.65. The van der Waals surface area contributed by atoms with Gasteiger partial charge in [-0.2, -0.15) is 0 Å². The van der Waals surface area contributed by atoms with Crippen LogP contribution >= 0.6 is 0 Å². The Balaban J connectivity index is 1.88. The highest BCUT2D eigenvalue weighted by atomic mass is 16.6. The van der Waals surface area contributed by atoms with Crippen molar-refractivity contribution in [1.29, 1.82) is 0 Å². The average Bonchev–Trinajstić information content (AvgIpc) is 2.95. The lowest BCUT2D eigenvalue weighted by Gasteiger charge is -2.26. The lowest BCUT2D eigenvalue weighted by Crippen LogP contribution is -2.44. The third kappa shape index (κ3) is 3.71. The van der Waals surface area contributed by atoms with Crippen molar-refractivity contribution in [2.45, 2.75) is 18.4 Å². The van der Waals surface area contributed by atoms with Crippen molar-refractivity contribution in [3.63, 3.8) is 0 Å². The summed E-state index contributed by atoms with van der Waals surface area (Å²) in [5.41, 5.74) is 0.176. The highest BCUT2D eigenvalue weighted by Crippen LogP contribution is 2.40. The van der Waals surface area contributed by atoms with Gasteiger partial charge in [-0.25, -0.2) is 4.79 Å². The minimum absolute atomic E-state index is 0.166. The fraction of sp³-hybridized carbons (Fsp3) is 0.381. The molecule has 2 atom stereocenters. The van der Waals surface area contributed by atoms with Crippen LogP contribution in [0, 0.1) is 5.92 Å². The molecule has 0 aliphatic carbocycles. The molecule has 0 amide bonds. The van der Waals surface area contributed by atoms with Gasteiger partial charge in [0.05, 0.1) is 27.9 Å². The van der Waals surface area contributed by atoms with Gasteiger partial charge in [0.1, 0.15) is 0 Å². The molecule has 6 heteroatoms. The number of aliphatic hydroxyl groups is 1. The van der Waals surface area contributed by atoms with Crippen molar-refractivity contribution in [3.05, 3.63) is 53.6 Å². The van der Waals surface area contributed by atoms with Crippen molar-refractivity contribution >= 4 is 5.97 Å². The predicted molar refractivity (Wildman–Crippen MR) is 99.3 cm³/mol. The lowest BCUT2D eigenvalue weighted by molar-refractivity contribution is -0.154. The maximum atomic E-state index is 12.3. The van der Waals surface area contributed by atoms with Crippen LogP contribution in [0.4, 0.5) is 0 Å². The fourth-order valence-electron chi connectivity index (χ4n) is 3.49. The molecule has 2 aromatic carbocycles. The summed E-state index contributed by atoms with van der Waals surface area (Å²) in [6, 6.07) is 13.1. The van der Waals surface area contributed by atoms with Gasteiger partial charge in [-0.15, -0.1) is 0 Å². The number of cyclic esters (lactones) is 1. The van der Waals surface area contributed by atoms with Crippen LogP contribution in [0.1, 0.15) is 11.1 Å². The number of carbonyl (C=O) groups excluding carboxylic acids is 1. The highest BCUT2D eigenvalue weighted by molar-refractivity contribution is 5.82. The maximum Gasteiger partial charge on any atom is 0.338 e. The first-order chi connectivity index (χ1) is 13.0. The summed E-state index contributed by atoms with van der Waals surface area (Å²) >= 11 is 0. The minimum Gasteiger partial charge on any atom is -0.493 e. The number of hydrogen-bond donors (Lipinski definition) is 1. The number of esters is 1. The Labute approximate surface area is 158 Å². The standard InChI is InChI=1S/C21H24O6/c1-24-17-10-15(11-18(25-2)19(17)26-3)9-16-13-27-20(22)21(16,23)12-14-7-5-4-6-8-14/h4-8,10-11,16,23H,9,12-13H2,1-3H3/t16-,21+/m1/s1. The molecule has 0 bridgehead atoms. The van der Waals surface area contributed by atoms with Crippen LogP contribution in [0.2, 0.25) is 0 Å². The zero-order chi connectivity index (χ0) is 19.4. The van der Waals surface area contributed by atoms with E-state index >= 15 is 0 Å². The Kier molecular flexibility index (Phi) is 5.56. The number of benzene rings is 2. The molecule has 144 valence electrons. The van der Waals surface area contributed by atoms with Gasteiger partial charge in [-0.05, 0) is 29.7 Å². The van der Waals surface area contributed by atoms with Gasteiger partial charge < -0.3 is 24.1 Å². The molecule has 1 N–H and O–H groups in total. The van der Waals surface area contributed by atoms with Gasteiger partial charge in [0.25, 0.3) is 0 Å². The van der Waals surface area contributed by atoms with Gasteiger partial charge in [0.15, 0.2) is 17.1 Å². The Morgan fingerprint density at radius 3 is 2.22 bits per heavy atom. The van der Waals surface area contributed by atoms with E-state index in [2.05, 4.69) is 0 Å². The predicted octanol–water partition coefficient (Wildman–Crippen LogP) is 2.40. The Morgan fingerprint density at radius 1 is 1.04 bits per heavy atom. The quantitative estimate of drug-likeness (QED) is 0.753. The van der Waals surface area contributed by atoms with Crippen LogP contribution in [0.5, 0.6) is 17.2 Å². The summed E-state index contributed by atoms with van der Waals surface area (Å²) in [5, 5.41) is 11.1. The molecule has 2 aromatic rings. The summed E-state index contributed by atoms with van der Waals surface area (Å²) in [4.78, 5) is 12.3. The number of rotatable bonds is 7. The molecule has 6 nitrogen and oxygen atoms in total. The smallest absolute Gasteiger partial charge is 0.338 e. The highest BCUT2D eigenvalue weighted by Gasteiger charge is 2.51. The van der Waals surface area contributed by atoms with Crippen LogP contribution in [0.15, 0.2) is 42.5 Å². The Morgan fingerprint density at radius 2 is 1.67 bits per heavy atom. The molecule has 1 fully saturated rings. The molecule has 0 spiro atoms. The van der Waals surface area contributed by atoms with Crippen molar-refractivity contribution in [1.82, 2.24) is 0 Å².